The SMILES string of the molecule is O=C(O)[C@@H]1CC(O)CN1C(=O)C1CCc2ccccc2C1. The van der Waals surface area contributed by atoms with E-state index in [1.54, 1.807) is 0 Å². The minimum atomic E-state index is -1.03. The smallest absolute Gasteiger partial charge is 0.326 e. The van der Waals surface area contributed by atoms with Gasteiger partial charge in [0.05, 0.1) is 6.10 Å². The summed E-state index contributed by atoms with van der Waals surface area (Å²) in [4.78, 5) is 25.2. The molecule has 2 aliphatic rings. The average molecular weight is 289 g/mol. The van der Waals surface area contributed by atoms with E-state index in [-0.39, 0.29) is 24.8 Å². The Morgan fingerprint density at radius 1 is 1.19 bits per heavy atom. The molecular weight excluding hydrogens is 270 g/mol. The molecule has 1 aromatic carbocycles. The molecular formula is C16H19NO4. The van der Waals surface area contributed by atoms with Crippen LogP contribution in [0.15, 0.2) is 24.3 Å². The quantitative estimate of drug-likeness (QED) is 0.845. The van der Waals surface area contributed by atoms with Crippen molar-refractivity contribution in [3.63, 3.8) is 0 Å². The van der Waals surface area contributed by atoms with Crippen LogP contribution in [0.4, 0.5) is 0 Å². The Bertz CT molecular complexity index is 571. The second kappa shape index (κ2) is 5.48. The molecule has 2 N–H and O–H groups in total. The second-order valence-corrected chi connectivity index (χ2v) is 5.94. The third kappa shape index (κ3) is 2.65. The van der Waals surface area contributed by atoms with Gasteiger partial charge >= 0.3 is 5.97 Å². The van der Waals surface area contributed by atoms with Gasteiger partial charge in [0.25, 0.3) is 0 Å². The highest BCUT2D eigenvalue weighted by molar-refractivity contribution is 5.86. The number of aliphatic hydroxyl groups excluding tert-OH is 1. The zero-order chi connectivity index (χ0) is 15.0. The number of benzene rings is 1. The molecule has 1 aliphatic carbocycles. The first-order valence-electron chi connectivity index (χ1n) is 7.34. The standard InChI is InChI=1S/C16H19NO4/c18-13-8-14(16(20)21)17(9-13)15(19)12-6-5-10-3-1-2-4-11(10)7-12/h1-4,12-14,18H,5-9H2,(H,20,21)/t12?,13?,14-/m0/s1. The van der Waals surface area contributed by atoms with Crippen LogP contribution in [0.3, 0.4) is 0 Å². The van der Waals surface area contributed by atoms with E-state index in [0.29, 0.717) is 6.42 Å². The van der Waals surface area contributed by atoms with Crippen LogP contribution < -0.4 is 0 Å². The predicted molar refractivity (Wildman–Crippen MR) is 75.7 cm³/mol. The number of amides is 1. The minimum Gasteiger partial charge on any atom is -0.480 e. The van der Waals surface area contributed by atoms with E-state index in [1.807, 2.05) is 18.2 Å². The van der Waals surface area contributed by atoms with Crippen molar-refractivity contribution in [2.24, 2.45) is 5.92 Å². The number of carbonyl (C=O) groups excluding carboxylic acids is 1. The lowest BCUT2D eigenvalue weighted by Gasteiger charge is -2.29. The van der Waals surface area contributed by atoms with Crippen molar-refractivity contribution in [2.75, 3.05) is 6.54 Å². The Labute approximate surface area is 123 Å². The molecule has 1 aliphatic heterocycles. The van der Waals surface area contributed by atoms with E-state index in [1.165, 1.54) is 16.0 Å². The van der Waals surface area contributed by atoms with Gasteiger partial charge in [0.15, 0.2) is 0 Å². The number of likely N-dealkylation sites (tertiary alicyclic amines) is 1. The number of aryl methyl sites for hydroxylation is 1. The Kier molecular flexibility index (Phi) is 3.68. The van der Waals surface area contributed by atoms with Gasteiger partial charge in [0, 0.05) is 18.9 Å². The number of hydrogen-bond acceptors (Lipinski definition) is 3. The molecule has 5 heteroatoms. The van der Waals surface area contributed by atoms with Gasteiger partial charge in [0.2, 0.25) is 5.91 Å². The van der Waals surface area contributed by atoms with Crippen molar-refractivity contribution >= 4 is 11.9 Å². The van der Waals surface area contributed by atoms with Crippen LogP contribution in [0.1, 0.15) is 24.0 Å². The summed E-state index contributed by atoms with van der Waals surface area (Å²) in [7, 11) is 0. The zero-order valence-corrected chi connectivity index (χ0v) is 11.7. The molecule has 1 amide bonds. The number of hydrogen-bond donors (Lipinski definition) is 2. The van der Waals surface area contributed by atoms with E-state index in [4.69, 9.17) is 0 Å². The third-order valence-electron chi connectivity index (χ3n) is 4.54. The van der Waals surface area contributed by atoms with E-state index in [0.717, 1.165) is 12.8 Å². The highest BCUT2D eigenvalue weighted by Gasteiger charge is 2.41. The molecule has 1 saturated heterocycles. The van der Waals surface area contributed by atoms with Gasteiger partial charge in [-0.05, 0) is 30.4 Å². The maximum atomic E-state index is 12.6. The van der Waals surface area contributed by atoms with Crippen LogP contribution in [0, 0.1) is 5.92 Å². The largest absolute Gasteiger partial charge is 0.480 e. The summed E-state index contributed by atoms with van der Waals surface area (Å²) in [5.41, 5.74) is 2.45. The fourth-order valence-corrected chi connectivity index (χ4v) is 3.43. The Hall–Kier alpha value is -1.88. The summed E-state index contributed by atoms with van der Waals surface area (Å²) in [5.74, 6) is -1.34. The number of nitrogens with zero attached hydrogens (tertiary/aromatic N) is 1. The maximum Gasteiger partial charge on any atom is 0.326 e. The number of fused-ring (bicyclic) bond motifs is 1. The molecule has 21 heavy (non-hydrogen) atoms. The van der Waals surface area contributed by atoms with Gasteiger partial charge in [-0.3, -0.25) is 4.79 Å². The molecule has 2 unspecified atom stereocenters. The molecule has 0 saturated carbocycles. The van der Waals surface area contributed by atoms with E-state index < -0.39 is 18.1 Å². The lowest BCUT2D eigenvalue weighted by molar-refractivity contribution is -0.150. The highest BCUT2D eigenvalue weighted by atomic mass is 16.4. The first kappa shape index (κ1) is 14.1. The molecule has 0 bridgehead atoms. The summed E-state index contributed by atoms with van der Waals surface area (Å²) in [6, 6.07) is 7.19. The van der Waals surface area contributed by atoms with Gasteiger partial charge in [-0.25, -0.2) is 4.79 Å². The predicted octanol–water partition coefficient (Wildman–Crippen LogP) is 0.838. The molecule has 1 heterocycles. The van der Waals surface area contributed by atoms with Crippen molar-refractivity contribution in [1.29, 1.82) is 0 Å². The van der Waals surface area contributed by atoms with Crippen molar-refractivity contribution in [3.05, 3.63) is 35.4 Å². The van der Waals surface area contributed by atoms with Crippen molar-refractivity contribution in [3.8, 4) is 0 Å². The Morgan fingerprint density at radius 3 is 2.62 bits per heavy atom. The van der Waals surface area contributed by atoms with Crippen LogP contribution in [-0.2, 0) is 22.4 Å². The molecule has 112 valence electrons. The molecule has 5 nitrogen and oxygen atoms in total. The van der Waals surface area contributed by atoms with Crippen LogP contribution in [0.25, 0.3) is 0 Å². The van der Waals surface area contributed by atoms with Crippen molar-refractivity contribution in [1.82, 2.24) is 4.90 Å². The summed E-state index contributed by atoms with van der Waals surface area (Å²) in [6.45, 7) is 0.133. The normalized spacial score (nSPS) is 28.2. The topological polar surface area (TPSA) is 77.8 Å². The fraction of sp³-hybridized carbons (Fsp3) is 0.500. The van der Waals surface area contributed by atoms with Gasteiger partial charge in [-0.2, -0.15) is 0 Å². The van der Waals surface area contributed by atoms with E-state index in [2.05, 4.69) is 6.07 Å². The zero-order valence-electron chi connectivity index (χ0n) is 11.7. The third-order valence-corrected chi connectivity index (χ3v) is 4.54. The first-order valence-corrected chi connectivity index (χ1v) is 7.34. The number of rotatable bonds is 2. The average Bonchev–Trinajstić information content (AvgIpc) is 2.88. The molecule has 0 radical (unpaired) electrons. The number of carboxylic acids is 1. The maximum absolute atomic E-state index is 12.6. The lowest BCUT2D eigenvalue weighted by atomic mass is 9.83. The van der Waals surface area contributed by atoms with Gasteiger partial charge < -0.3 is 15.1 Å². The summed E-state index contributed by atoms with van der Waals surface area (Å²) >= 11 is 0. The van der Waals surface area contributed by atoms with Crippen molar-refractivity contribution < 1.29 is 19.8 Å². The van der Waals surface area contributed by atoms with Crippen LogP contribution in [0.5, 0.6) is 0 Å². The second-order valence-electron chi connectivity index (χ2n) is 5.94. The van der Waals surface area contributed by atoms with Gasteiger partial charge in [0.1, 0.15) is 6.04 Å². The number of aliphatic hydroxyl groups is 1. The molecule has 3 rings (SSSR count). The molecule has 0 spiro atoms. The van der Waals surface area contributed by atoms with E-state index >= 15 is 0 Å². The number of carboxylic acid groups (broad SMARTS) is 1. The number of β-amino-alcohol motifs (C(OH)–C–C–N with tert-alkyl or cyclic N) is 1. The number of carbonyl (C=O) groups is 2. The van der Waals surface area contributed by atoms with E-state index in [9.17, 15) is 19.8 Å². The van der Waals surface area contributed by atoms with Crippen LogP contribution in [-0.4, -0.2) is 45.7 Å². The minimum absolute atomic E-state index is 0.129. The highest BCUT2D eigenvalue weighted by Crippen LogP contribution is 2.29. The lowest BCUT2D eigenvalue weighted by Crippen LogP contribution is -2.44. The summed E-state index contributed by atoms with van der Waals surface area (Å²) < 4.78 is 0. The molecule has 1 fully saturated rings. The van der Waals surface area contributed by atoms with Gasteiger partial charge in [-0.15, -0.1) is 0 Å². The first-order chi connectivity index (χ1) is 10.1. The fourth-order valence-electron chi connectivity index (χ4n) is 3.43. The molecule has 3 atom stereocenters. The molecule has 1 aromatic rings. The van der Waals surface area contributed by atoms with Crippen LogP contribution in [0.2, 0.25) is 0 Å². The Morgan fingerprint density at radius 2 is 1.90 bits per heavy atom. The number of aliphatic carboxylic acids is 1. The van der Waals surface area contributed by atoms with Crippen molar-refractivity contribution in [2.45, 2.75) is 37.8 Å². The Balaban J connectivity index is 1.76. The summed E-state index contributed by atoms with van der Waals surface area (Å²) in [5, 5.41) is 18.9. The molecule has 0 aromatic heterocycles. The summed E-state index contributed by atoms with van der Waals surface area (Å²) in [6.07, 6.45) is 1.65. The van der Waals surface area contributed by atoms with Crippen LogP contribution >= 0.6 is 0 Å². The monoisotopic (exact) mass is 289 g/mol. The van der Waals surface area contributed by atoms with Gasteiger partial charge in [-0.1, -0.05) is 24.3 Å².